The van der Waals surface area contributed by atoms with Crippen LogP contribution in [0.2, 0.25) is 0 Å². The maximum Gasteiger partial charge on any atom is 0.407 e. The smallest absolute Gasteiger partial charge is 0.407 e. The highest BCUT2D eigenvalue weighted by Gasteiger charge is 2.56. The monoisotopic (exact) mass is 382 g/mol. The van der Waals surface area contributed by atoms with Gasteiger partial charge in [0.1, 0.15) is 5.60 Å². The molecule has 1 saturated carbocycles. The largest absolute Gasteiger partial charge is 0.444 e. The lowest BCUT2D eigenvalue weighted by molar-refractivity contribution is -0.119. The number of nitrogens with one attached hydrogen (secondary N) is 2. The minimum atomic E-state index is -0.463. The zero-order valence-corrected chi connectivity index (χ0v) is 14.2. The minimum Gasteiger partial charge on any atom is -0.444 e. The average molecular weight is 382 g/mol. The average Bonchev–Trinajstić information content (AvgIpc) is 2.97. The van der Waals surface area contributed by atoms with Crippen molar-refractivity contribution < 1.29 is 14.3 Å². The summed E-state index contributed by atoms with van der Waals surface area (Å²) in [5.74, 6) is 0.592. The Bertz CT molecular complexity index is 354. The first-order chi connectivity index (χ1) is 8.71. The zero-order valence-electron chi connectivity index (χ0n) is 12.0. The Kier molecular flexibility index (Phi) is 5.61. The van der Waals surface area contributed by atoms with E-state index in [1.807, 2.05) is 43.6 Å². The molecule has 2 unspecified atom stereocenters. The van der Waals surface area contributed by atoms with Crippen LogP contribution in [0.4, 0.5) is 4.79 Å². The Balaban J connectivity index is 2.17. The van der Waals surface area contributed by atoms with E-state index in [1.165, 1.54) is 0 Å². The molecule has 0 bridgehead atoms. The quantitative estimate of drug-likeness (QED) is 0.421. The number of carbonyl (C=O) groups is 2. The molecule has 6 heteroatoms. The summed E-state index contributed by atoms with van der Waals surface area (Å²) in [4.78, 5) is 22.9. The van der Waals surface area contributed by atoms with Crippen LogP contribution in [0.15, 0.2) is 0 Å². The van der Waals surface area contributed by atoms with E-state index in [0.717, 1.165) is 19.3 Å². The second kappa shape index (κ2) is 6.39. The maximum absolute atomic E-state index is 11.5. The van der Waals surface area contributed by atoms with Crippen LogP contribution in [-0.2, 0) is 9.53 Å². The van der Waals surface area contributed by atoms with Crippen LogP contribution in [0.5, 0.6) is 0 Å². The number of rotatable bonds is 6. The van der Waals surface area contributed by atoms with Crippen molar-refractivity contribution in [2.45, 2.75) is 58.1 Å². The van der Waals surface area contributed by atoms with E-state index in [4.69, 9.17) is 4.74 Å². The van der Waals surface area contributed by atoms with Crippen LogP contribution in [0.3, 0.4) is 0 Å². The molecule has 1 amide bonds. The van der Waals surface area contributed by atoms with Gasteiger partial charge in [0.15, 0.2) is 5.78 Å². The zero-order chi connectivity index (χ0) is 14.7. The van der Waals surface area contributed by atoms with Gasteiger partial charge in [0.05, 0.1) is 5.54 Å². The molecule has 0 aromatic carbocycles. The maximum atomic E-state index is 11.5. The van der Waals surface area contributed by atoms with Gasteiger partial charge >= 0.3 is 6.09 Å². The van der Waals surface area contributed by atoms with Crippen LogP contribution in [0.25, 0.3) is 0 Å². The fourth-order valence-corrected chi connectivity index (χ4v) is 3.19. The molecule has 0 radical (unpaired) electrons. The summed E-state index contributed by atoms with van der Waals surface area (Å²) in [5, 5.41) is 2.73. The normalized spacial score (nSPS) is 25.8. The molecule has 5 nitrogen and oxygen atoms in total. The first-order valence-electron chi connectivity index (χ1n) is 6.57. The Hall–Kier alpha value is -0.370. The van der Waals surface area contributed by atoms with E-state index in [1.54, 1.807) is 6.92 Å². The van der Waals surface area contributed by atoms with Crippen molar-refractivity contribution in [2.75, 3.05) is 6.54 Å². The van der Waals surface area contributed by atoms with Gasteiger partial charge < -0.3 is 10.1 Å². The lowest BCUT2D eigenvalue weighted by atomic mass is 10.1. The van der Waals surface area contributed by atoms with Gasteiger partial charge in [-0.25, -0.2) is 8.32 Å². The van der Waals surface area contributed by atoms with Gasteiger partial charge in [0.25, 0.3) is 0 Å². The van der Waals surface area contributed by atoms with Crippen LogP contribution in [0, 0.1) is 5.92 Å². The minimum absolute atomic E-state index is 0.201. The Morgan fingerprint density at radius 3 is 2.47 bits per heavy atom. The summed E-state index contributed by atoms with van der Waals surface area (Å²) in [6.07, 6.45) is 2.31. The molecule has 0 heterocycles. The summed E-state index contributed by atoms with van der Waals surface area (Å²) in [6, 6.07) is 0. The van der Waals surface area contributed by atoms with Crippen molar-refractivity contribution in [3.63, 3.8) is 0 Å². The lowest BCUT2D eigenvalue weighted by Gasteiger charge is -2.19. The van der Waals surface area contributed by atoms with Gasteiger partial charge in [-0.15, -0.1) is 0 Å². The van der Waals surface area contributed by atoms with Crippen molar-refractivity contribution in [3.05, 3.63) is 0 Å². The van der Waals surface area contributed by atoms with E-state index in [-0.39, 0.29) is 17.4 Å². The standard InChI is InChI=1S/C13H23IN2O3/c1-9(17)13(16-14)8-10(13)6-5-7-15-11(18)19-12(2,3)4/h10,16H,5-8H2,1-4H3,(H,15,18). The molecule has 1 fully saturated rings. The highest BCUT2D eigenvalue weighted by molar-refractivity contribution is 14.1. The molecule has 0 aromatic heterocycles. The number of carbonyl (C=O) groups excluding carboxylic acids is 2. The first kappa shape index (κ1) is 16.7. The molecule has 1 aliphatic carbocycles. The summed E-state index contributed by atoms with van der Waals surface area (Å²) >= 11 is 2.05. The molecule has 19 heavy (non-hydrogen) atoms. The molecule has 2 atom stereocenters. The van der Waals surface area contributed by atoms with E-state index >= 15 is 0 Å². The van der Waals surface area contributed by atoms with Gasteiger partial charge in [-0.2, -0.15) is 0 Å². The molecule has 1 aliphatic rings. The van der Waals surface area contributed by atoms with E-state index < -0.39 is 5.60 Å². The predicted molar refractivity (Wildman–Crippen MR) is 82.1 cm³/mol. The van der Waals surface area contributed by atoms with Crippen molar-refractivity contribution in [3.8, 4) is 0 Å². The first-order valence-corrected chi connectivity index (χ1v) is 7.65. The van der Waals surface area contributed by atoms with Crippen molar-refractivity contribution in [1.82, 2.24) is 8.85 Å². The van der Waals surface area contributed by atoms with Crippen molar-refractivity contribution in [1.29, 1.82) is 0 Å². The second-order valence-electron chi connectivity index (χ2n) is 6.09. The van der Waals surface area contributed by atoms with Crippen LogP contribution < -0.4 is 8.85 Å². The van der Waals surface area contributed by atoms with Gasteiger partial charge in [0.2, 0.25) is 0 Å². The SMILES string of the molecule is CC(=O)C1(NI)CC1CCCNC(=O)OC(C)(C)C. The van der Waals surface area contributed by atoms with Gasteiger partial charge in [-0.1, -0.05) is 0 Å². The molecule has 0 aliphatic heterocycles. The van der Waals surface area contributed by atoms with E-state index in [2.05, 4.69) is 8.85 Å². The van der Waals surface area contributed by atoms with E-state index in [0.29, 0.717) is 12.5 Å². The Morgan fingerprint density at radius 1 is 1.42 bits per heavy atom. The second-order valence-corrected chi connectivity index (χ2v) is 6.63. The summed E-state index contributed by atoms with van der Waals surface area (Å²) in [5.41, 5.74) is -0.776. The predicted octanol–water partition coefficient (Wildman–Crippen LogP) is 2.58. The van der Waals surface area contributed by atoms with E-state index in [9.17, 15) is 9.59 Å². The van der Waals surface area contributed by atoms with Crippen LogP contribution in [-0.4, -0.2) is 29.6 Å². The third kappa shape index (κ3) is 4.91. The summed E-state index contributed by atoms with van der Waals surface area (Å²) in [7, 11) is 0. The number of ether oxygens (including phenoxy) is 1. The number of ketones is 1. The molecular formula is C13H23IN2O3. The topological polar surface area (TPSA) is 67.4 Å². The summed E-state index contributed by atoms with van der Waals surface area (Å²) < 4.78 is 8.23. The number of halogens is 1. The van der Waals surface area contributed by atoms with Gasteiger partial charge in [-0.05, 0) is 52.9 Å². The molecule has 110 valence electrons. The lowest BCUT2D eigenvalue weighted by Crippen LogP contribution is -2.34. The number of hydrogen-bond donors (Lipinski definition) is 2. The molecule has 1 rings (SSSR count). The molecular weight excluding hydrogens is 359 g/mol. The Labute approximate surface area is 128 Å². The molecule has 2 N–H and O–H groups in total. The highest BCUT2D eigenvalue weighted by Crippen LogP contribution is 2.47. The highest BCUT2D eigenvalue weighted by atomic mass is 127. The van der Waals surface area contributed by atoms with Crippen LogP contribution >= 0.6 is 22.9 Å². The fourth-order valence-electron chi connectivity index (χ4n) is 2.14. The molecule has 0 aromatic rings. The third-order valence-corrected chi connectivity index (χ3v) is 4.26. The number of Topliss-reactive ketones (excluding diaryl/α,β-unsaturated/α-hetero) is 1. The van der Waals surface area contributed by atoms with Crippen molar-refractivity contribution >= 4 is 34.7 Å². The molecule has 0 saturated heterocycles. The number of alkyl carbamates (subject to hydrolysis) is 1. The number of hydrogen-bond acceptors (Lipinski definition) is 4. The fraction of sp³-hybridized carbons (Fsp3) is 0.846. The van der Waals surface area contributed by atoms with Crippen molar-refractivity contribution in [2.24, 2.45) is 5.92 Å². The Morgan fingerprint density at radius 2 is 2.05 bits per heavy atom. The van der Waals surface area contributed by atoms with Gasteiger partial charge in [-0.3, -0.25) is 4.79 Å². The number of amides is 1. The summed E-state index contributed by atoms with van der Waals surface area (Å²) in [6.45, 7) is 7.73. The third-order valence-electron chi connectivity index (χ3n) is 3.30. The molecule has 0 spiro atoms. The van der Waals surface area contributed by atoms with Gasteiger partial charge in [0, 0.05) is 29.4 Å². The van der Waals surface area contributed by atoms with Crippen LogP contribution in [0.1, 0.15) is 47.0 Å².